The highest BCUT2D eigenvalue weighted by Crippen LogP contribution is 2.12. The molecule has 0 aliphatic carbocycles. The van der Waals surface area contributed by atoms with Crippen LogP contribution in [0.1, 0.15) is 18.9 Å². The van der Waals surface area contributed by atoms with E-state index in [-0.39, 0.29) is 30.3 Å². The number of hydrogen-bond donors (Lipinski definition) is 2. The quantitative estimate of drug-likeness (QED) is 0.452. The zero-order valence-corrected chi connectivity index (χ0v) is 14.1. The largest absolute Gasteiger partial charge is 0.326 e. The summed E-state index contributed by atoms with van der Waals surface area (Å²) in [7, 11) is 0. The van der Waals surface area contributed by atoms with Crippen LogP contribution in [-0.4, -0.2) is 22.4 Å². The van der Waals surface area contributed by atoms with Gasteiger partial charge >= 0.3 is 0 Å². The van der Waals surface area contributed by atoms with Crippen LogP contribution in [0.3, 0.4) is 0 Å². The van der Waals surface area contributed by atoms with Gasteiger partial charge in [-0.25, -0.2) is 5.43 Å². The third-order valence-electron chi connectivity index (χ3n) is 3.36. The van der Waals surface area contributed by atoms with Gasteiger partial charge in [-0.3, -0.25) is 19.7 Å². The van der Waals surface area contributed by atoms with E-state index in [0.717, 1.165) is 0 Å². The maximum atomic E-state index is 11.9. The second-order valence-corrected chi connectivity index (χ2v) is 5.57. The Hall–Kier alpha value is -3.55. The molecular formula is C18H18N4O4. The van der Waals surface area contributed by atoms with Crippen LogP contribution in [-0.2, 0) is 16.0 Å². The summed E-state index contributed by atoms with van der Waals surface area (Å²) in [6.07, 6.45) is 0.0810. The van der Waals surface area contributed by atoms with E-state index in [0.29, 0.717) is 17.0 Å². The van der Waals surface area contributed by atoms with Crippen molar-refractivity contribution >= 4 is 28.9 Å². The van der Waals surface area contributed by atoms with Gasteiger partial charge in [0.2, 0.25) is 11.8 Å². The standard InChI is InChI=1S/C18H18N4O4/c1-13(11-17(23)19-15-5-3-2-4-6-15)20-21-18(24)12-14-7-9-16(10-8-14)22(25)26/h2-10H,11-12H2,1H3,(H,19,23)(H,21,24)/b20-13-. The van der Waals surface area contributed by atoms with Gasteiger partial charge in [0, 0.05) is 23.5 Å². The van der Waals surface area contributed by atoms with Gasteiger partial charge in [0.05, 0.1) is 17.8 Å². The number of nitrogens with zero attached hydrogens (tertiary/aromatic N) is 2. The molecule has 2 aromatic rings. The number of anilines is 1. The average molecular weight is 354 g/mol. The fourth-order valence-corrected chi connectivity index (χ4v) is 2.12. The van der Waals surface area contributed by atoms with Crippen LogP contribution >= 0.6 is 0 Å². The molecule has 8 nitrogen and oxygen atoms in total. The number of hydrazone groups is 1. The SMILES string of the molecule is C/C(CC(=O)Nc1ccccc1)=N/NC(=O)Cc1ccc([N+](=O)[O-])cc1. The molecule has 8 heteroatoms. The summed E-state index contributed by atoms with van der Waals surface area (Å²) in [6.45, 7) is 1.64. The van der Waals surface area contributed by atoms with Crippen LogP contribution in [0.25, 0.3) is 0 Å². The van der Waals surface area contributed by atoms with Crippen molar-refractivity contribution in [3.05, 3.63) is 70.3 Å². The summed E-state index contributed by atoms with van der Waals surface area (Å²) < 4.78 is 0. The number of amides is 2. The van der Waals surface area contributed by atoms with Crippen LogP contribution in [0.2, 0.25) is 0 Å². The molecule has 0 atom stereocenters. The Balaban J connectivity index is 1.80. The molecule has 0 aliphatic rings. The maximum Gasteiger partial charge on any atom is 0.269 e. The number of nitrogens with one attached hydrogen (secondary N) is 2. The Kier molecular flexibility index (Phi) is 6.55. The minimum absolute atomic E-state index is 0.0327. The molecule has 0 saturated carbocycles. The number of non-ortho nitro benzene ring substituents is 1. The summed E-state index contributed by atoms with van der Waals surface area (Å²) in [6, 6.07) is 14.7. The van der Waals surface area contributed by atoms with Crippen molar-refractivity contribution < 1.29 is 14.5 Å². The van der Waals surface area contributed by atoms with E-state index in [4.69, 9.17) is 0 Å². The minimum Gasteiger partial charge on any atom is -0.326 e. The van der Waals surface area contributed by atoms with E-state index in [1.54, 1.807) is 19.1 Å². The van der Waals surface area contributed by atoms with E-state index >= 15 is 0 Å². The Morgan fingerprint density at radius 3 is 2.31 bits per heavy atom. The molecule has 134 valence electrons. The Morgan fingerprint density at radius 2 is 1.69 bits per heavy atom. The number of hydrogen-bond acceptors (Lipinski definition) is 5. The third kappa shape index (κ3) is 6.16. The molecule has 0 unspecified atom stereocenters. The molecule has 2 rings (SSSR count). The summed E-state index contributed by atoms with van der Waals surface area (Å²) in [5, 5.41) is 17.2. The second kappa shape index (κ2) is 9.07. The zero-order chi connectivity index (χ0) is 18.9. The van der Waals surface area contributed by atoms with Crippen LogP contribution in [0, 0.1) is 10.1 Å². The van der Waals surface area contributed by atoms with Gasteiger partial charge in [-0.05, 0) is 24.6 Å². The average Bonchev–Trinajstić information content (AvgIpc) is 2.61. The van der Waals surface area contributed by atoms with Crippen LogP contribution in [0.15, 0.2) is 59.7 Å². The highest BCUT2D eigenvalue weighted by atomic mass is 16.6. The van der Waals surface area contributed by atoms with Crippen molar-refractivity contribution in [3.63, 3.8) is 0 Å². The fraction of sp³-hybridized carbons (Fsp3) is 0.167. The van der Waals surface area contributed by atoms with Crippen molar-refractivity contribution in [2.75, 3.05) is 5.32 Å². The Morgan fingerprint density at radius 1 is 1.04 bits per heavy atom. The smallest absolute Gasteiger partial charge is 0.269 e. The summed E-state index contributed by atoms with van der Waals surface area (Å²) in [5.41, 5.74) is 4.11. The summed E-state index contributed by atoms with van der Waals surface area (Å²) in [5.74, 6) is -0.608. The maximum absolute atomic E-state index is 11.9. The molecule has 26 heavy (non-hydrogen) atoms. The van der Waals surface area contributed by atoms with E-state index in [9.17, 15) is 19.7 Å². The van der Waals surface area contributed by atoms with Crippen LogP contribution in [0.5, 0.6) is 0 Å². The monoisotopic (exact) mass is 354 g/mol. The predicted molar refractivity (Wildman–Crippen MR) is 97.7 cm³/mol. The van der Waals surface area contributed by atoms with Crippen LogP contribution in [0.4, 0.5) is 11.4 Å². The minimum atomic E-state index is -0.502. The van der Waals surface area contributed by atoms with Gasteiger partial charge in [-0.1, -0.05) is 30.3 Å². The van der Waals surface area contributed by atoms with Crippen molar-refractivity contribution in [1.82, 2.24) is 5.43 Å². The molecule has 2 aromatic carbocycles. The predicted octanol–water partition coefficient (Wildman–Crippen LogP) is 2.66. The topological polar surface area (TPSA) is 114 Å². The van der Waals surface area contributed by atoms with Gasteiger partial charge < -0.3 is 5.32 Å². The van der Waals surface area contributed by atoms with E-state index in [2.05, 4.69) is 15.8 Å². The highest BCUT2D eigenvalue weighted by molar-refractivity contribution is 6.05. The summed E-state index contributed by atoms with van der Waals surface area (Å²) >= 11 is 0. The Bertz CT molecular complexity index is 817. The normalized spacial score (nSPS) is 10.9. The van der Waals surface area contributed by atoms with Gasteiger partial charge in [-0.2, -0.15) is 5.10 Å². The van der Waals surface area contributed by atoms with Crippen molar-refractivity contribution in [3.8, 4) is 0 Å². The van der Waals surface area contributed by atoms with Crippen molar-refractivity contribution in [2.24, 2.45) is 5.10 Å². The molecule has 0 spiro atoms. The van der Waals surface area contributed by atoms with E-state index < -0.39 is 4.92 Å². The molecule has 0 heterocycles. The first kappa shape index (κ1) is 18.8. The molecule has 0 bridgehead atoms. The number of benzene rings is 2. The highest BCUT2D eigenvalue weighted by Gasteiger charge is 2.08. The number of para-hydroxylation sites is 1. The third-order valence-corrected chi connectivity index (χ3v) is 3.36. The lowest BCUT2D eigenvalue weighted by Gasteiger charge is -2.05. The first-order chi connectivity index (χ1) is 12.4. The fourth-order valence-electron chi connectivity index (χ4n) is 2.12. The number of carbonyl (C=O) groups excluding carboxylic acids is 2. The molecule has 0 aliphatic heterocycles. The lowest BCUT2D eigenvalue weighted by molar-refractivity contribution is -0.384. The van der Waals surface area contributed by atoms with Gasteiger partial charge in [-0.15, -0.1) is 0 Å². The van der Waals surface area contributed by atoms with Crippen molar-refractivity contribution in [1.29, 1.82) is 0 Å². The number of nitro groups is 1. The number of nitro benzene ring substituents is 1. The van der Waals surface area contributed by atoms with E-state index in [1.807, 2.05) is 18.2 Å². The first-order valence-electron chi connectivity index (χ1n) is 7.84. The molecule has 0 fully saturated rings. The second-order valence-electron chi connectivity index (χ2n) is 5.57. The molecule has 0 aromatic heterocycles. The van der Waals surface area contributed by atoms with Crippen molar-refractivity contribution in [2.45, 2.75) is 19.8 Å². The van der Waals surface area contributed by atoms with Gasteiger partial charge in [0.1, 0.15) is 0 Å². The molecule has 0 radical (unpaired) electrons. The Labute approximate surface area is 150 Å². The first-order valence-corrected chi connectivity index (χ1v) is 7.84. The van der Waals surface area contributed by atoms with Crippen LogP contribution < -0.4 is 10.7 Å². The van der Waals surface area contributed by atoms with Gasteiger partial charge in [0.15, 0.2) is 0 Å². The lowest BCUT2D eigenvalue weighted by Crippen LogP contribution is -2.22. The summed E-state index contributed by atoms with van der Waals surface area (Å²) in [4.78, 5) is 33.8. The zero-order valence-electron chi connectivity index (χ0n) is 14.1. The molecule has 2 amide bonds. The molecule has 2 N–H and O–H groups in total. The number of rotatable bonds is 7. The number of carbonyl (C=O) groups is 2. The lowest BCUT2D eigenvalue weighted by atomic mass is 10.1. The molecular weight excluding hydrogens is 336 g/mol. The molecule has 0 saturated heterocycles. The van der Waals surface area contributed by atoms with Gasteiger partial charge in [0.25, 0.3) is 5.69 Å². The van der Waals surface area contributed by atoms with E-state index in [1.165, 1.54) is 24.3 Å².